The number of aryl methyl sites for hydroxylation is 2. The van der Waals surface area contributed by atoms with E-state index in [2.05, 4.69) is 27.5 Å². The Bertz CT molecular complexity index is 724. The second-order valence-electron chi connectivity index (χ2n) is 4.99. The largest absolute Gasteiger partial charge is 0.381 e. The highest BCUT2D eigenvalue weighted by Crippen LogP contribution is 2.16. The first-order valence-corrected chi connectivity index (χ1v) is 6.85. The lowest BCUT2D eigenvalue weighted by Crippen LogP contribution is -2.03. The first-order chi connectivity index (χ1) is 10.1. The fourth-order valence-electron chi connectivity index (χ4n) is 2.33. The molecule has 6 nitrogen and oxygen atoms in total. The standard InChI is InChI=1S/C15H18N6/c1-11-15(12(2)20(3)19-11)10-16-13-4-6-14(7-5-13)21-17-8-9-18-21/h4-9,16H,10H2,1-3H3. The van der Waals surface area contributed by atoms with Gasteiger partial charge >= 0.3 is 0 Å². The molecule has 0 fully saturated rings. The van der Waals surface area contributed by atoms with Crippen molar-refractivity contribution in [2.75, 3.05) is 5.32 Å². The average Bonchev–Trinajstić information content (AvgIpc) is 3.09. The lowest BCUT2D eigenvalue weighted by atomic mass is 10.2. The van der Waals surface area contributed by atoms with Crippen molar-refractivity contribution in [2.24, 2.45) is 7.05 Å². The van der Waals surface area contributed by atoms with Crippen LogP contribution >= 0.6 is 0 Å². The van der Waals surface area contributed by atoms with E-state index < -0.39 is 0 Å². The Morgan fingerprint density at radius 1 is 1.05 bits per heavy atom. The van der Waals surface area contributed by atoms with Crippen LogP contribution in [0.5, 0.6) is 0 Å². The number of hydrogen-bond acceptors (Lipinski definition) is 4. The third-order valence-electron chi connectivity index (χ3n) is 3.65. The summed E-state index contributed by atoms with van der Waals surface area (Å²) in [5, 5.41) is 16.1. The summed E-state index contributed by atoms with van der Waals surface area (Å²) >= 11 is 0. The number of aromatic nitrogens is 5. The minimum Gasteiger partial charge on any atom is -0.381 e. The number of rotatable bonds is 4. The average molecular weight is 282 g/mol. The molecule has 3 rings (SSSR count). The SMILES string of the molecule is Cc1nn(C)c(C)c1CNc1ccc(-n2nccn2)cc1. The normalized spacial score (nSPS) is 10.8. The van der Waals surface area contributed by atoms with Gasteiger partial charge in [-0.25, -0.2) is 0 Å². The van der Waals surface area contributed by atoms with E-state index in [1.54, 1.807) is 17.2 Å². The van der Waals surface area contributed by atoms with Crippen LogP contribution in [0.3, 0.4) is 0 Å². The molecule has 0 aliphatic heterocycles. The number of anilines is 1. The molecule has 2 heterocycles. The molecule has 3 aromatic rings. The van der Waals surface area contributed by atoms with Crippen LogP contribution in [0, 0.1) is 13.8 Å². The topological polar surface area (TPSA) is 60.6 Å². The molecule has 1 aromatic carbocycles. The Morgan fingerprint density at radius 3 is 2.29 bits per heavy atom. The van der Waals surface area contributed by atoms with Gasteiger partial charge in [-0.15, -0.1) is 0 Å². The summed E-state index contributed by atoms with van der Waals surface area (Å²) in [7, 11) is 1.97. The van der Waals surface area contributed by atoms with Gasteiger partial charge in [0.25, 0.3) is 0 Å². The van der Waals surface area contributed by atoms with Gasteiger partial charge in [0.05, 0.1) is 23.8 Å². The van der Waals surface area contributed by atoms with Crippen molar-refractivity contribution in [3.63, 3.8) is 0 Å². The maximum absolute atomic E-state index is 4.43. The number of hydrogen-bond donors (Lipinski definition) is 1. The lowest BCUT2D eigenvalue weighted by Gasteiger charge is -2.08. The van der Waals surface area contributed by atoms with Crippen LogP contribution < -0.4 is 5.32 Å². The molecular weight excluding hydrogens is 264 g/mol. The van der Waals surface area contributed by atoms with Gasteiger partial charge in [-0.1, -0.05) is 0 Å². The van der Waals surface area contributed by atoms with E-state index in [1.807, 2.05) is 42.9 Å². The van der Waals surface area contributed by atoms with E-state index >= 15 is 0 Å². The second-order valence-corrected chi connectivity index (χ2v) is 4.99. The summed E-state index contributed by atoms with van der Waals surface area (Å²) in [6.07, 6.45) is 3.33. The highest BCUT2D eigenvalue weighted by molar-refractivity contribution is 5.48. The van der Waals surface area contributed by atoms with Gasteiger partial charge in [-0.05, 0) is 38.1 Å². The third kappa shape index (κ3) is 2.65. The van der Waals surface area contributed by atoms with Gasteiger partial charge in [-0.2, -0.15) is 20.1 Å². The fraction of sp³-hybridized carbons (Fsp3) is 0.267. The summed E-state index contributed by atoms with van der Waals surface area (Å²) in [4.78, 5) is 1.60. The van der Waals surface area contributed by atoms with Crippen LogP contribution in [0.2, 0.25) is 0 Å². The fourth-order valence-corrected chi connectivity index (χ4v) is 2.33. The Hall–Kier alpha value is -2.63. The molecule has 6 heteroatoms. The molecule has 0 unspecified atom stereocenters. The first kappa shape index (κ1) is 13.4. The zero-order valence-corrected chi connectivity index (χ0v) is 12.4. The highest BCUT2D eigenvalue weighted by Gasteiger charge is 2.08. The maximum Gasteiger partial charge on any atom is 0.0858 e. The van der Waals surface area contributed by atoms with Crippen LogP contribution in [0.15, 0.2) is 36.7 Å². The molecule has 0 bridgehead atoms. The molecule has 0 aliphatic carbocycles. The summed E-state index contributed by atoms with van der Waals surface area (Å²) < 4.78 is 1.92. The highest BCUT2D eigenvalue weighted by atomic mass is 15.5. The minimum atomic E-state index is 0.769. The van der Waals surface area contributed by atoms with Crippen molar-refractivity contribution in [3.8, 4) is 5.69 Å². The number of nitrogens with zero attached hydrogens (tertiary/aromatic N) is 5. The quantitative estimate of drug-likeness (QED) is 0.797. The molecule has 1 N–H and O–H groups in total. The molecule has 0 aliphatic rings. The Labute approximate surface area is 123 Å². The smallest absolute Gasteiger partial charge is 0.0858 e. The van der Waals surface area contributed by atoms with Crippen molar-refractivity contribution < 1.29 is 0 Å². The number of nitrogens with one attached hydrogen (secondary N) is 1. The van der Waals surface area contributed by atoms with E-state index in [4.69, 9.17) is 0 Å². The van der Waals surface area contributed by atoms with Gasteiger partial charge in [0.2, 0.25) is 0 Å². The summed E-state index contributed by atoms with van der Waals surface area (Å²) in [5.74, 6) is 0. The van der Waals surface area contributed by atoms with Gasteiger partial charge in [0.15, 0.2) is 0 Å². The van der Waals surface area contributed by atoms with Gasteiger partial charge in [-0.3, -0.25) is 4.68 Å². The molecular formula is C15H18N6. The van der Waals surface area contributed by atoms with E-state index in [9.17, 15) is 0 Å². The zero-order valence-electron chi connectivity index (χ0n) is 12.4. The predicted octanol–water partition coefficient (Wildman–Crippen LogP) is 2.23. The van der Waals surface area contributed by atoms with Crippen molar-refractivity contribution in [1.82, 2.24) is 24.8 Å². The van der Waals surface area contributed by atoms with Gasteiger partial charge in [0, 0.05) is 30.5 Å². The van der Waals surface area contributed by atoms with Crippen LogP contribution in [-0.2, 0) is 13.6 Å². The summed E-state index contributed by atoms with van der Waals surface area (Å²) in [5.41, 5.74) is 5.51. The second kappa shape index (κ2) is 5.40. The molecule has 0 saturated heterocycles. The third-order valence-corrected chi connectivity index (χ3v) is 3.65. The molecule has 2 aromatic heterocycles. The van der Waals surface area contributed by atoms with Crippen LogP contribution in [0.1, 0.15) is 17.0 Å². The van der Waals surface area contributed by atoms with Crippen molar-refractivity contribution >= 4 is 5.69 Å². The van der Waals surface area contributed by atoms with Crippen LogP contribution in [-0.4, -0.2) is 24.8 Å². The lowest BCUT2D eigenvalue weighted by molar-refractivity contribution is 0.730. The van der Waals surface area contributed by atoms with Crippen molar-refractivity contribution in [1.29, 1.82) is 0 Å². The predicted molar refractivity (Wildman–Crippen MR) is 81.4 cm³/mol. The Balaban J connectivity index is 1.71. The molecule has 108 valence electrons. The van der Waals surface area contributed by atoms with Gasteiger partial charge < -0.3 is 5.32 Å². The molecule has 0 radical (unpaired) electrons. The Morgan fingerprint density at radius 2 is 1.71 bits per heavy atom. The van der Waals surface area contributed by atoms with Gasteiger partial charge in [0.1, 0.15) is 0 Å². The first-order valence-electron chi connectivity index (χ1n) is 6.85. The molecule has 0 amide bonds. The minimum absolute atomic E-state index is 0.769. The monoisotopic (exact) mass is 282 g/mol. The molecule has 0 atom stereocenters. The molecule has 0 saturated carbocycles. The van der Waals surface area contributed by atoms with Crippen molar-refractivity contribution in [2.45, 2.75) is 20.4 Å². The van der Waals surface area contributed by atoms with E-state index in [0.29, 0.717) is 0 Å². The summed E-state index contributed by atoms with van der Waals surface area (Å²) in [6, 6.07) is 8.04. The summed E-state index contributed by atoms with van der Waals surface area (Å²) in [6.45, 7) is 4.89. The van der Waals surface area contributed by atoms with Crippen molar-refractivity contribution in [3.05, 3.63) is 53.6 Å². The maximum atomic E-state index is 4.43. The molecule has 0 spiro atoms. The van der Waals surface area contributed by atoms with E-state index in [-0.39, 0.29) is 0 Å². The van der Waals surface area contributed by atoms with Crippen LogP contribution in [0.25, 0.3) is 5.69 Å². The molecule has 21 heavy (non-hydrogen) atoms. The number of benzene rings is 1. The zero-order chi connectivity index (χ0) is 14.8. The van der Waals surface area contributed by atoms with E-state index in [1.165, 1.54) is 11.3 Å². The van der Waals surface area contributed by atoms with Crippen LogP contribution in [0.4, 0.5) is 5.69 Å². The van der Waals surface area contributed by atoms with E-state index in [0.717, 1.165) is 23.6 Å². The Kier molecular flexibility index (Phi) is 3.43.